The van der Waals surface area contributed by atoms with Crippen molar-refractivity contribution >= 4 is 8.56 Å². The summed E-state index contributed by atoms with van der Waals surface area (Å²) in [6.45, 7) is 8.29. The van der Waals surface area contributed by atoms with E-state index in [2.05, 4.69) is 81.4 Å². The summed E-state index contributed by atoms with van der Waals surface area (Å²) in [4.78, 5) is 0. The Labute approximate surface area is 179 Å². The van der Waals surface area contributed by atoms with Gasteiger partial charge in [-0.1, -0.05) is 94.3 Å². The fraction of sp³-hybridized carbons (Fsp3) is 0.538. The van der Waals surface area contributed by atoms with Crippen molar-refractivity contribution in [1.29, 1.82) is 0 Å². The molecule has 3 heteroatoms. The molecule has 0 bridgehead atoms. The van der Waals surface area contributed by atoms with Gasteiger partial charge >= 0.3 is 8.56 Å². The van der Waals surface area contributed by atoms with Crippen LogP contribution in [0.15, 0.2) is 60.7 Å². The molecule has 2 aromatic carbocycles. The second-order valence-electron chi connectivity index (χ2n) is 8.15. The molecular weight excluding hydrogens is 372 g/mol. The van der Waals surface area contributed by atoms with Crippen molar-refractivity contribution in [3.8, 4) is 0 Å². The zero-order chi connectivity index (χ0) is 20.8. The third-order valence-electron chi connectivity index (χ3n) is 5.45. The summed E-state index contributed by atoms with van der Waals surface area (Å²) in [5, 5.41) is 0. The quantitative estimate of drug-likeness (QED) is 0.290. The smallest absolute Gasteiger partial charge is 0.342 e. The van der Waals surface area contributed by atoms with Gasteiger partial charge in [-0.05, 0) is 48.8 Å². The van der Waals surface area contributed by atoms with E-state index >= 15 is 0 Å². The molecule has 2 aromatic rings. The van der Waals surface area contributed by atoms with Crippen molar-refractivity contribution in [3.63, 3.8) is 0 Å². The lowest BCUT2D eigenvalue weighted by molar-refractivity contribution is 0.163. The lowest BCUT2D eigenvalue weighted by Crippen LogP contribution is -2.46. The van der Waals surface area contributed by atoms with E-state index < -0.39 is 8.56 Å². The molecule has 2 rings (SSSR count). The van der Waals surface area contributed by atoms with Crippen LogP contribution in [0.1, 0.15) is 64.0 Å². The van der Waals surface area contributed by atoms with Crippen molar-refractivity contribution in [2.45, 2.75) is 71.4 Å². The number of rotatable bonds is 15. The van der Waals surface area contributed by atoms with E-state index in [0.29, 0.717) is 5.92 Å². The van der Waals surface area contributed by atoms with Crippen LogP contribution < -0.4 is 0 Å². The van der Waals surface area contributed by atoms with Gasteiger partial charge in [-0.2, -0.15) is 0 Å². The molecule has 0 amide bonds. The average Bonchev–Trinajstić information content (AvgIpc) is 2.76. The van der Waals surface area contributed by atoms with Crippen molar-refractivity contribution in [2.24, 2.45) is 5.92 Å². The maximum atomic E-state index is 6.58. The first-order valence-corrected chi connectivity index (χ1v) is 13.8. The third kappa shape index (κ3) is 8.86. The average molecular weight is 413 g/mol. The summed E-state index contributed by atoms with van der Waals surface area (Å²) < 4.78 is 13.2. The van der Waals surface area contributed by atoms with Gasteiger partial charge in [-0.25, -0.2) is 0 Å². The topological polar surface area (TPSA) is 18.5 Å². The highest BCUT2D eigenvalue weighted by molar-refractivity contribution is 6.66. The predicted octanol–water partition coefficient (Wildman–Crippen LogP) is 7.11. The largest absolute Gasteiger partial charge is 0.394 e. The van der Waals surface area contributed by atoms with Gasteiger partial charge in [0.2, 0.25) is 0 Å². The molecule has 2 nitrogen and oxygen atoms in total. The van der Waals surface area contributed by atoms with Gasteiger partial charge in [0, 0.05) is 19.3 Å². The van der Waals surface area contributed by atoms with Gasteiger partial charge in [0.1, 0.15) is 0 Å². The first kappa shape index (κ1) is 23.9. The molecule has 0 N–H and O–H groups in total. The Morgan fingerprint density at radius 3 is 1.76 bits per heavy atom. The Hall–Kier alpha value is -1.42. The van der Waals surface area contributed by atoms with Gasteiger partial charge in [-0.15, -0.1) is 0 Å². The van der Waals surface area contributed by atoms with E-state index in [1.165, 1.54) is 30.4 Å². The zero-order valence-electron chi connectivity index (χ0n) is 18.7. The van der Waals surface area contributed by atoms with Crippen molar-refractivity contribution in [2.75, 3.05) is 13.2 Å². The highest BCUT2D eigenvalue weighted by Gasteiger charge is 2.38. The first-order valence-electron chi connectivity index (χ1n) is 11.6. The molecule has 0 saturated carbocycles. The second-order valence-corrected chi connectivity index (χ2v) is 11.4. The van der Waals surface area contributed by atoms with Crippen molar-refractivity contribution in [3.05, 3.63) is 71.8 Å². The molecule has 0 aliphatic heterocycles. The van der Waals surface area contributed by atoms with Crippen LogP contribution in [0.5, 0.6) is 0 Å². The minimum atomic E-state index is -2.29. The van der Waals surface area contributed by atoms with E-state index in [0.717, 1.165) is 44.6 Å². The summed E-state index contributed by atoms with van der Waals surface area (Å²) in [7, 11) is -2.29. The van der Waals surface area contributed by atoms with Crippen LogP contribution >= 0.6 is 0 Å². The monoisotopic (exact) mass is 412 g/mol. The molecule has 0 spiro atoms. The normalized spacial score (nSPS) is 12.8. The molecule has 0 saturated heterocycles. The number of hydrogen-bond donors (Lipinski definition) is 0. The molecular formula is C26H40O2Si. The van der Waals surface area contributed by atoms with Crippen LogP contribution in [-0.4, -0.2) is 21.8 Å². The summed E-state index contributed by atoms with van der Waals surface area (Å²) in [6, 6.07) is 23.8. The van der Waals surface area contributed by atoms with Gasteiger partial charge < -0.3 is 8.85 Å². The Morgan fingerprint density at radius 1 is 0.690 bits per heavy atom. The van der Waals surface area contributed by atoms with Gasteiger partial charge in [0.15, 0.2) is 0 Å². The SMILES string of the molecule is CCCO[Si](CCC(CCC)Cc1ccccc1)(Cc1ccccc1)OCCC. The molecule has 0 fully saturated rings. The third-order valence-corrected chi connectivity index (χ3v) is 8.91. The molecule has 29 heavy (non-hydrogen) atoms. The maximum Gasteiger partial charge on any atom is 0.342 e. The molecule has 1 unspecified atom stereocenters. The molecule has 0 aliphatic rings. The van der Waals surface area contributed by atoms with E-state index in [-0.39, 0.29) is 0 Å². The van der Waals surface area contributed by atoms with Gasteiger partial charge in [0.05, 0.1) is 0 Å². The fourth-order valence-electron chi connectivity index (χ4n) is 3.99. The molecule has 0 aromatic heterocycles. The van der Waals surface area contributed by atoms with Gasteiger partial charge in [0.25, 0.3) is 0 Å². The Morgan fingerprint density at radius 2 is 1.24 bits per heavy atom. The molecule has 1 atom stereocenters. The lowest BCUT2D eigenvalue weighted by Gasteiger charge is -2.32. The van der Waals surface area contributed by atoms with Crippen molar-refractivity contribution < 1.29 is 8.85 Å². The Bertz CT molecular complexity index is 636. The summed E-state index contributed by atoms with van der Waals surface area (Å²) in [5.74, 6) is 0.695. The minimum absolute atomic E-state index is 0.695. The first-order chi connectivity index (χ1) is 14.2. The standard InChI is InChI=1S/C26H40O2Si/c1-4-13-24(22-25-14-9-7-10-15-25)18-21-29(27-19-5-2,28-20-6-3)23-26-16-11-8-12-17-26/h7-12,14-17,24H,4-6,13,18-23H2,1-3H3. The molecule has 0 heterocycles. The van der Waals surface area contributed by atoms with Crippen LogP contribution in [0.2, 0.25) is 6.04 Å². The van der Waals surface area contributed by atoms with E-state index in [4.69, 9.17) is 8.85 Å². The lowest BCUT2D eigenvalue weighted by atomic mass is 9.93. The predicted molar refractivity (Wildman–Crippen MR) is 126 cm³/mol. The zero-order valence-corrected chi connectivity index (χ0v) is 19.7. The van der Waals surface area contributed by atoms with Crippen LogP contribution in [0.25, 0.3) is 0 Å². The van der Waals surface area contributed by atoms with Crippen LogP contribution in [0.3, 0.4) is 0 Å². The maximum absolute atomic E-state index is 6.58. The minimum Gasteiger partial charge on any atom is -0.394 e. The van der Waals surface area contributed by atoms with Crippen LogP contribution in [0, 0.1) is 5.92 Å². The number of hydrogen-bond acceptors (Lipinski definition) is 2. The fourth-order valence-corrected chi connectivity index (χ4v) is 7.60. The van der Waals surface area contributed by atoms with E-state index in [1.807, 2.05) is 0 Å². The highest BCUT2D eigenvalue weighted by Crippen LogP contribution is 2.28. The van der Waals surface area contributed by atoms with Gasteiger partial charge in [-0.3, -0.25) is 0 Å². The number of benzene rings is 2. The molecule has 160 valence electrons. The van der Waals surface area contributed by atoms with Crippen molar-refractivity contribution in [1.82, 2.24) is 0 Å². The Kier molecular flexibility index (Phi) is 11.3. The van der Waals surface area contributed by atoms with Crippen LogP contribution in [-0.2, 0) is 21.3 Å². The van der Waals surface area contributed by atoms with Crippen LogP contribution in [0.4, 0.5) is 0 Å². The highest BCUT2D eigenvalue weighted by atomic mass is 28.4. The second kappa shape index (κ2) is 13.7. The summed E-state index contributed by atoms with van der Waals surface area (Å²) in [5.41, 5.74) is 2.80. The Balaban J connectivity index is 2.13. The summed E-state index contributed by atoms with van der Waals surface area (Å²) in [6.07, 6.45) is 6.94. The van der Waals surface area contributed by atoms with E-state index in [9.17, 15) is 0 Å². The molecule has 0 radical (unpaired) electrons. The van der Waals surface area contributed by atoms with E-state index in [1.54, 1.807) is 0 Å². The summed E-state index contributed by atoms with van der Waals surface area (Å²) >= 11 is 0. The molecule has 0 aliphatic carbocycles.